The zero-order valence-electron chi connectivity index (χ0n) is 16.0. The molecule has 0 radical (unpaired) electrons. The third-order valence-corrected chi connectivity index (χ3v) is 4.32. The topological polar surface area (TPSA) is 61.4 Å². The number of nitrogens with one attached hydrogen (secondary N) is 2. The van der Waals surface area contributed by atoms with Crippen molar-refractivity contribution in [3.8, 4) is 0 Å². The number of carbonyl (C=O) groups is 2. The number of amides is 2. The molecule has 2 N–H and O–H groups in total. The molecule has 2 amide bonds. The lowest BCUT2D eigenvalue weighted by Gasteiger charge is -2.22. The summed E-state index contributed by atoms with van der Waals surface area (Å²) in [5, 5.41) is 5.72. The SMILES string of the molecule is CC(=O)Nc1ccc(CC(=O)Nc2ccccc2N(C)c2ccccc2)cc1. The van der Waals surface area contributed by atoms with E-state index in [0.717, 1.165) is 22.6 Å². The second kappa shape index (κ2) is 8.86. The van der Waals surface area contributed by atoms with Crippen molar-refractivity contribution in [3.63, 3.8) is 0 Å². The monoisotopic (exact) mass is 373 g/mol. The Labute approximate surface area is 165 Å². The summed E-state index contributed by atoms with van der Waals surface area (Å²) in [6.45, 7) is 1.46. The number of benzene rings is 3. The summed E-state index contributed by atoms with van der Waals surface area (Å²) in [6.07, 6.45) is 0.254. The van der Waals surface area contributed by atoms with Crippen LogP contribution in [0.25, 0.3) is 0 Å². The van der Waals surface area contributed by atoms with E-state index in [1.165, 1.54) is 6.92 Å². The first-order valence-electron chi connectivity index (χ1n) is 9.07. The van der Waals surface area contributed by atoms with Crippen LogP contribution >= 0.6 is 0 Å². The van der Waals surface area contributed by atoms with Gasteiger partial charge in [-0.2, -0.15) is 0 Å². The van der Waals surface area contributed by atoms with Crippen molar-refractivity contribution in [1.29, 1.82) is 0 Å². The minimum Gasteiger partial charge on any atom is -0.343 e. The molecule has 5 nitrogen and oxygen atoms in total. The molecule has 0 aliphatic rings. The van der Waals surface area contributed by atoms with E-state index in [2.05, 4.69) is 10.6 Å². The summed E-state index contributed by atoms with van der Waals surface area (Å²) in [6, 6.07) is 25.0. The van der Waals surface area contributed by atoms with Crippen LogP contribution in [-0.2, 0) is 16.0 Å². The van der Waals surface area contributed by atoms with E-state index in [1.807, 2.05) is 78.7 Å². The second-order valence-corrected chi connectivity index (χ2v) is 6.51. The molecule has 0 aliphatic carbocycles. The van der Waals surface area contributed by atoms with E-state index in [9.17, 15) is 9.59 Å². The van der Waals surface area contributed by atoms with E-state index in [1.54, 1.807) is 12.1 Å². The standard InChI is InChI=1S/C23H23N3O2/c1-17(27)24-19-14-12-18(13-15-19)16-23(28)25-21-10-6-7-11-22(21)26(2)20-8-4-3-5-9-20/h3-15H,16H2,1-2H3,(H,24,27)(H,25,28). The van der Waals surface area contributed by atoms with Crippen LogP contribution in [0.2, 0.25) is 0 Å². The van der Waals surface area contributed by atoms with Gasteiger partial charge in [0.2, 0.25) is 11.8 Å². The number of anilines is 4. The molecule has 0 unspecified atom stereocenters. The van der Waals surface area contributed by atoms with Crippen LogP contribution < -0.4 is 15.5 Å². The van der Waals surface area contributed by atoms with Crippen LogP contribution in [0.3, 0.4) is 0 Å². The molecule has 3 aromatic carbocycles. The summed E-state index contributed by atoms with van der Waals surface area (Å²) in [4.78, 5) is 25.7. The van der Waals surface area contributed by atoms with Crippen molar-refractivity contribution in [2.45, 2.75) is 13.3 Å². The molecule has 0 heterocycles. The maximum absolute atomic E-state index is 12.6. The van der Waals surface area contributed by atoms with Crippen LogP contribution in [0.5, 0.6) is 0 Å². The first-order chi connectivity index (χ1) is 13.5. The summed E-state index contributed by atoms with van der Waals surface area (Å²) in [5.74, 6) is -0.217. The Morgan fingerprint density at radius 1 is 0.821 bits per heavy atom. The van der Waals surface area contributed by atoms with Crippen LogP contribution in [0.4, 0.5) is 22.7 Å². The van der Waals surface area contributed by atoms with Gasteiger partial charge in [0.1, 0.15) is 0 Å². The molecule has 5 heteroatoms. The Morgan fingerprint density at radius 2 is 1.46 bits per heavy atom. The quantitative estimate of drug-likeness (QED) is 0.664. The molecule has 0 atom stereocenters. The normalized spacial score (nSPS) is 10.2. The molecule has 28 heavy (non-hydrogen) atoms. The molecular formula is C23H23N3O2. The van der Waals surface area contributed by atoms with E-state index >= 15 is 0 Å². The van der Waals surface area contributed by atoms with Crippen LogP contribution in [0.1, 0.15) is 12.5 Å². The number of hydrogen-bond acceptors (Lipinski definition) is 3. The van der Waals surface area contributed by atoms with Crippen LogP contribution in [0, 0.1) is 0 Å². The van der Waals surface area contributed by atoms with Gasteiger partial charge in [-0.1, -0.05) is 42.5 Å². The zero-order valence-corrected chi connectivity index (χ0v) is 16.0. The van der Waals surface area contributed by atoms with Gasteiger partial charge >= 0.3 is 0 Å². The number of carbonyl (C=O) groups excluding carboxylic acids is 2. The number of rotatable bonds is 6. The second-order valence-electron chi connectivity index (χ2n) is 6.51. The maximum Gasteiger partial charge on any atom is 0.228 e. The molecule has 0 spiro atoms. The van der Waals surface area contributed by atoms with Gasteiger partial charge in [-0.3, -0.25) is 9.59 Å². The Morgan fingerprint density at radius 3 is 2.14 bits per heavy atom. The van der Waals surface area contributed by atoms with Crippen molar-refractivity contribution in [3.05, 3.63) is 84.4 Å². The van der Waals surface area contributed by atoms with E-state index in [4.69, 9.17) is 0 Å². The van der Waals surface area contributed by atoms with Gasteiger partial charge in [0.05, 0.1) is 17.8 Å². The highest BCUT2D eigenvalue weighted by Gasteiger charge is 2.12. The predicted molar refractivity (Wildman–Crippen MR) is 114 cm³/mol. The van der Waals surface area contributed by atoms with E-state index < -0.39 is 0 Å². The Balaban J connectivity index is 1.70. The van der Waals surface area contributed by atoms with Gasteiger partial charge in [-0.25, -0.2) is 0 Å². The molecular weight excluding hydrogens is 350 g/mol. The zero-order chi connectivity index (χ0) is 19.9. The average Bonchev–Trinajstić information content (AvgIpc) is 2.69. The van der Waals surface area contributed by atoms with Gasteiger partial charge in [-0.15, -0.1) is 0 Å². The molecule has 0 saturated carbocycles. The van der Waals surface area contributed by atoms with Gasteiger partial charge in [-0.05, 0) is 42.0 Å². The van der Waals surface area contributed by atoms with Gasteiger partial charge in [0, 0.05) is 25.3 Å². The summed E-state index contributed by atoms with van der Waals surface area (Å²) in [5.41, 5.74) is 4.31. The summed E-state index contributed by atoms with van der Waals surface area (Å²) >= 11 is 0. The lowest BCUT2D eigenvalue weighted by atomic mass is 10.1. The smallest absolute Gasteiger partial charge is 0.228 e. The highest BCUT2D eigenvalue weighted by molar-refractivity contribution is 5.96. The van der Waals surface area contributed by atoms with Crippen molar-refractivity contribution in [2.24, 2.45) is 0 Å². The Kier molecular flexibility index (Phi) is 6.07. The lowest BCUT2D eigenvalue weighted by molar-refractivity contribution is -0.116. The summed E-state index contributed by atoms with van der Waals surface area (Å²) < 4.78 is 0. The third kappa shape index (κ3) is 4.98. The van der Waals surface area contributed by atoms with Gasteiger partial charge in [0.15, 0.2) is 0 Å². The Hall–Kier alpha value is -3.60. The number of para-hydroxylation sites is 3. The maximum atomic E-state index is 12.6. The molecule has 3 aromatic rings. The van der Waals surface area contributed by atoms with Crippen LogP contribution in [-0.4, -0.2) is 18.9 Å². The summed E-state index contributed by atoms with van der Waals surface area (Å²) in [7, 11) is 1.97. The van der Waals surface area contributed by atoms with E-state index in [-0.39, 0.29) is 18.2 Å². The molecule has 0 bridgehead atoms. The molecule has 0 saturated heterocycles. The van der Waals surface area contributed by atoms with E-state index in [0.29, 0.717) is 5.69 Å². The highest BCUT2D eigenvalue weighted by Crippen LogP contribution is 2.30. The average molecular weight is 373 g/mol. The Bertz CT molecular complexity index is 953. The minimum atomic E-state index is -0.121. The van der Waals surface area contributed by atoms with Crippen molar-refractivity contribution in [2.75, 3.05) is 22.6 Å². The molecule has 0 aliphatic heterocycles. The fraction of sp³-hybridized carbons (Fsp3) is 0.130. The first kappa shape index (κ1) is 19.2. The molecule has 3 rings (SSSR count). The fourth-order valence-electron chi connectivity index (χ4n) is 2.95. The third-order valence-electron chi connectivity index (χ3n) is 4.32. The van der Waals surface area contributed by atoms with Gasteiger partial charge in [0.25, 0.3) is 0 Å². The fourth-order valence-corrected chi connectivity index (χ4v) is 2.95. The van der Waals surface area contributed by atoms with Crippen molar-refractivity contribution in [1.82, 2.24) is 0 Å². The predicted octanol–water partition coefficient (Wildman–Crippen LogP) is 4.59. The van der Waals surface area contributed by atoms with Crippen molar-refractivity contribution < 1.29 is 9.59 Å². The molecule has 0 fully saturated rings. The largest absolute Gasteiger partial charge is 0.343 e. The number of nitrogens with zero attached hydrogens (tertiary/aromatic N) is 1. The highest BCUT2D eigenvalue weighted by atomic mass is 16.2. The molecule has 142 valence electrons. The number of hydrogen-bond donors (Lipinski definition) is 2. The lowest BCUT2D eigenvalue weighted by Crippen LogP contribution is -2.18. The van der Waals surface area contributed by atoms with Crippen molar-refractivity contribution >= 4 is 34.6 Å². The van der Waals surface area contributed by atoms with Gasteiger partial charge < -0.3 is 15.5 Å². The van der Waals surface area contributed by atoms with Crippen LogP contribution in [0.15, 0.2) is 78.9 Å². The first-order valence-corrected chi connectivity index (χ1v) is 9.07. The molecule has 0 aromatic heterocycles. The minimum absolute atomic E-state index is 0.0961.